The second kappa shape index (κ2) is 8.84. The lowest BCUT2D eigenvalue weighted by Gasteiger charge is -2.10. The fourth-order valence-electron chi connectivity index (χ4n) is 3.09. The van der Waals surface area contributed by atoms with Crippen molar-refractivity contribution >= 4 is 34.6 Å². The molecule has 0 spiro atoms. The standard InChI is InChI=1S/C23H18F2N4O3/c1-31-21-10-8-15(23(27-21)32-2)22(30)26-20-11-16-18(28-29-19(16)12-17(20)25)9-5-13-3-6-14(24)7-4-13/h3-12H,1-2H3,(H,26,30)(H,28,29)/b9-5+. The lowest BCUT2D eigenvalue weighted by atomic mass is 10.1. The molecule has 2 N–H and O–H groups in total. The number of amides is 1. The number of pyridine rings is 1. The van der Waals surface area contributed by atoms with Crippen molar-refractivity contribution in [2.24, 2.45) is 0 Å². The van der Waals surface area contributed by atoms with E-state index < -0.39 is 11.7 Å². The van der Waals surface area contributed by atoms with E-state index in [1.165, 1.54) is 50.6 Å². The number of halogens is 2. The molecule has 2 aromatic heterocycles. The monoisotopic (exact) mass is 436 g/mol. The summed E-state index contributed by atoms with van der Waals surface area (Å²) in [6, 6.07) is 11.7. The van der Waals surface area contributed by atoms with E-state index in [1.54, 1.807) is 24.3 Å². The fraction of sp³-hybridized carbons (Fsp3) is 0.0870. The van der Waals surface area contributed by atoms with Gasteiger partial charge in [-0.3, -0.25) is 9.89 Å². The summed E-state index contributed by atoms with van der Waals surface area (Å²) >= 11 is 0. The Bertz CT molecular complexity index is 1320. The van der Waals surface area contributed by atoms with Crippen LogP contribution in [0.25, 0.3) is 23.1 Å². The molecule has 9 heteroatoms. The van der Waals surface area contributed by atoms with Crippen molar-refractivity contribution in [1.29, 1.82) is 0 Å². The number of anilines is 1. The fourth-order valence-corrected chi connectivity index (χ4v) is 3.09. The highest BCUT2D eigenvalue weighted by Gasteiger charge is 2.18. The molecule has 0 unspecified atom stereocenters. The number of benzene rings is 2. The largest absolute Gasteiger partial charge is 0.481 e. The van der Waals surface area contributed by atoms with Crippen LogP contribution in [0.2, 0.25) is 0 Å². The number of aromatic nitrogens is 3. The molecule has 162 valence electrons. The number of methoxy groups -OCH3 is 2. The zero-order valence-electron chi connectivity index (χ0n) is 17.1. The molecule has 1 amide bonds. The molecule has 0 radical (unpaired) electrons. The van der Waals surface area contributed by atoms with Gasteiger partial charge >= 0.3 is 0 Å². The van der Waals surface area contributed by atoms with Crippen LogP contribution in [-0.2, 0) is 0 Å². The molecule has 0 saturated heterocycles. The maximum absolute atomic E-state index is 14.6. The number of H-pyrrole nitrogens is 1. The van der Waals surface area contributed by atoms with Crippen LogP contribution >= 0.6 is 0 Å². The molecule has 0 aliphatic heterocycles. The number of fused-ring (bicyclic) bond motifs is 1. The first-order valence-electron chi connectivity index (χ1n) is 9.50. The van der Waals surface area contributed by atoms with E-state index in [0.29, 0.717) is 16.6 Å². The maximum atomic E-state index is 14.6. The highest BCUT2D eigenvalue weighted by atomic mass is 19.1. The maximum Gasteiger partial charge on any atom is 0.261 e. The number of nitrogens with one attached hydrogen (secondary N) is 2. The summed E-state index contributed by atoms with van der Waals surface area (Å²) in [6.07, 6.45) is 3.47. The molecule has 32 heavy (non-hydrogen) atoms. The number of rotatable bonds is 6. The Morgan fingerprint density at radius 3 is 2.53 bits per heavy atom. The number of ether oxygens (including phenoxy) is 2. The van der Waals surface area contributed by atoms with Gasteiger partial charge in [0.2, 0.25) is 11.8 Å². The molecule has 0 atom stereocenters. The number of hydrogen-bond acceptors (Lipinski definition) is 5. The second-order valence-electron chi connectivity index (χ2n) is 6.74. The van der Waals surface area contributed by atoms with Gasteiger partial charge in [0.15, 0.2) is 0 Å². The minimum Gasteiger partial charge on any atom is -0.481 e. The van der Waals surface area contributed by atoms with Crippen LogP contribution < -0.4 is 14.8 Å². The summed E-state index contributed by atoms with van der Waals surface area (Å²) in [5.74, 6) is -1.23. The van der Waals surface area contributed by atoms with Crippen molar-refractivity contribution in [3.63, 3.8) is 0 Å². The Balaban J connectivity index is 1.63. The van der Waals surface area contributed by atoms with E-state index in [2.05, 4.69) is 20.5 Å². The van der Waals surface area contributed by atoms with Crippen LogP contribution in [0.5, 0.6) is 11.8 Å². The van der Waals surface area contributed by atoms with Crippen molar-refractivity contribution in [1.82, 2.24) is 15.2 Å². The summed E-state index contributed by atoms with van der Waals surface area (Å²) in [4.78, 5) is 16.8. The number of aromatic amines is 1. The van der Waals surface area contributed by atoms with Gasteiger partial charge in [0.1, 0.15) is 17.2 Å². The minimum absolute atomic E-state index is 0.0294. The smallest absolute Gasteiger partial charge is 0.261 e. The third-order valence-corrected chi connectivity index (χ3v) is 4.71. The lowest BCUT2D eigenvalue weighted by molar-refractivity contribution is 0.102. The number of carbonyl (C=O) groups excluding carboxylic acids is 1. The zero-order chi connectivity index (χ0) is 22.7. The van der Waals surface area contributed by atoms with E-state index in [-0.39, 0.29) is 28.8 Å². The van der Waals surface area contributed by atoms with Crippen LogP contribution in [0.3, 0.4) is 0 Å². The summed E-state index contributed by atoms with van der Waals surface area (Å²) in [5.41, 5.74) is 1.86. The predicted molar refractivity (Wildman–Crippen MR) is 117 cm³/mol. The SMILES string of the molecule is COc1ccc(C(=O)Nc2cc3c(/C=C/c4ccc(F)cc4)n[nH]c3cc2F)c(OC)n1. The Morgan fingerprint density at radius 2 is 1.81 bits per heavy atom. The number of carbonyl (C=O) groups is 1. The Kier molecular flexibility index (Phi) is 5.80. The minimum atomic E-state index is -0.635. The first-order valence-corrected chi connectivity index (χ1v) is 9.50. The van der Waals surface area contributed by atoms with E-state index in [1.807, 2.05) is 0 Å². The number of hydrogen-bond donors (Lipinski definition) is 2. The first kappa shape index (κ1) is 21.0. The van der Waals surface area contributed by atoms with Gasteiger partial charge in [-0.1, -0.05) is 18.2 Å². The molecule has 4 aromatic rings. The molecule has 0 bridgehead atoms. The third-order valence-electron chi connectivity index (χ3n) is 4.71. The van der Waals surface area contributed by atoms with Gasteiger partial charge in [0.25, 0.3) is 5.91 Å². The third kappa shape index (κ3) is 4.27. The molecule has 0 saturated carbocycles. The summed E-state index contributed by atoms with van der Waals surface area (Å²) < 4.78 is 37.9. The number of nitrogens with zero attached hydrogens (tertiary/aromatic N) is 2. The summed E-state index contributed by atoms with van der Waals surface area (Å²) in [5, 5.41) is 10.1. The van der Waals surface area contributed by atoms with Gasteiger partial charge in [-0.05, 0) is 35.9 Å². The quantitative estimate of drug-likeness (QED) is 0.458. The lowest BCUT2D eigenvalue weighted by Crippen LogP contribution is -2.15. The Morgan fingerprint density at radius 1 is 1.03 bits per heavy atom. The van der Waals surface area contributed by atoms with Gasteiger partial charge in [-0.2, -0.15) is 10.1 Å². The first-order chi connectivity index (χ1) is 15.5. The van der Waals surface area contributed by atoms with Gasteiger partial charge < -0.3 is 14.8 Å². The Labute approximate surface area is 181 Å². The molecular formula is C23H18F2N4O3. The molecule has 0 fully saturated rings. The average Bonchev–Trinajstić information content (AvgIpc) is 3.19. The van der Waals surface area contributed by atoms with Crippen LogP contribution in [0.15, 0.2) is 48.5 Å². The predicted octanol–water partition coefficient (Wildman–Crippen LogP) is 4.68. The normalized spacial score (nSPS) is 11.1. The molecular weight excluding hydrogens is 418 g/mol. The topological polar surface area (TPSA) is 89.1 Å². The van der Waals surface area contributed by atoms with Crippen molar-refractivity contribution in [2.75, 3.05) is 19.5 Å². The van der Waals surface area contributed by atoms with Crippen LogP contribution in [0.4, 0.5) is 14.5 Å². The summed E-state index contributed by atoms with van der Waals surface area (Å²) in [6.45, 7) is 0. The highest BCUT2D eigenvalue weighted by Crippen LogP contribution is 2.27. The zero-order valence-corrected chi connectivity index (χ0v) is 17.1. The van der Waals surface area contributed by atoms with E-state index in [0.717, 1.165) is 5.56 Å². The van der Waals surface area contributed by atoms with Crippen molar-refractivity contribution in [3.8, 4) is 11.8 Å². The van der Waals surface area contributed by atoms with Gasteiger partial charge in [-0.25, -0.2) is 8.78 Å². The van der Waals surface area contributed by atoms with Gasteiger partial charge in [0.05, 0.1) is 31.1 Å². The second-order valence-corrected chi connectivity index (χ2v) is 6.74. The molecule has 4 rings (SSSR count). The highest BCUT2D eigenvalue weighted by molar-refractivity contribution is 6.07. The van der Waals surface area contributed by atoms with Gasteiger partial charge in [0, 0.05) is 17.5 Å². The van der Waals surface area contributed by atoms with Crippen molar-refractivity contribution < 1.29 is 23.0 Å². The molecule has 2 heterocycles. The molecule has 2 aromatic carbocycles. The van der Waals surface area contributed by atoms with E-state index in [9.17, 15) is 13.6 Å². The van der Waals surface area contributed by atoms with Crippen LogP contribution in [0.1, 0.15) is 21.6 Å². The van der Waals surface area contributed by atoms with Crippen molar-refractivity contribution in [2.45, 2.75) is 0 Å². The molecule has 0 aliphatic carbocycles. The summed E-state index contributed by atoms with van der Waals surface area (Å²) in [7, 11) is 2.82. The van der Waals surface area contributed by atoms with Crippen LogP contribution in [-0.4, -0.2) is 35.3 Å². The van der Waals surface area contributed by atoms with E-state index in [4.69, 9.17) is 9.47 Å². The van der Waals surface area contributed by atoms with Gasteiger partial charge in [-0.15, -0.1) is 0 Å². The van der Waals surface area contributed by atoms with Crippen molar-refractivity contribution in [3.05, 3.63) is 77.0 Å². The average molecular weight is 436 g/mol. The molecule has 0 aliphatic rings. The van der Waals surface area contributed by atoms with Crippen LogP contribution in [0, 0.1) is 11.6 Å². The van der Waals surface area contributed by atoms with E-state index >= 15 is 0 Å². The molecule has 7 nitrogen and oxygen atoms in total. The Hall–Kier alpha value is -4.27.